The van der Waals surface area contributed by atoms with Gasteiger partial charge in [0, 0.05) is 11.1 Å². The standard InChI is InChI=1S/C10H14Br2O2S2/c1-6-5-7(15-9(6)12)8(11)10(2,3)16(4,13)14/h5,8H,1-4H3. The zero-order valence-corrected chi connectivity index (χ0v) is 14.3. The summed E-state index contributed by atoms with van der Waals surface area (Å²) in [6, 6.07) is 2.01. The van der Waals surface area contributed by atoms with Crippen LogP contribution in [0.5, 0.6) is 0 Å². The van der Waals surface area contributed by atoms with Gasteiger partial charge in [-0.2, -0.15) is 0 Å². The Morgan fingerprint density at radius 2 is 1.94 bits per heavy atom. The first-order valence-corrected chi connectivity index (χ1v) is 9.08. The average Bonchev–Trinajstić information content (AvgIpc) is 2.43. The lowest BCUT2D eigenvalue weighted by atomic mass is 10.1. The fourth-order valence-electron chi connectivity index (χ4n) is 1.14. The highest BCUT2D eigenvalue weighted by atomic mass is 79.9. The van der Waals surface area contributed by atoms with Crippen molar-refractivity contribution in [2.75, 3.05) is 6.26 Å². The second-order valence-corrected chi connectivity index (χ2v) is 10.3. The van der Waals surface area contributed by atoms with Crippen LogP contribution in [0.25, 0.3) is 0 Å². The van der Waals surface area contributed by atoms with E-state index in [1.165, 1.54) is 6.26 Å². The van der Waals surface area contributed by atoms with Gasteiger partial charge in [-0.15, -0.1) is 11.3 Å². The summed E-state index contributed by atoms with van der Waals surface area (Å²) in [6.07, 6.45) is 1.27. The molecule has 0 radical (unpaired) electrons. The van der Waals surface area contributed by atoms with Crippen molar-refractivity contribution >= 4 is 53.0 Å². The van der Waals surface area contributed by atoms with Gasteiger partial charge in [-0.1, -0.05) is 15.9 Å². The minimum Gasteiger partial charge on any atom is -0.229 e. The number of hydrogen-bond donors (Lipinski definition) is 0. The van der Waals surface area contributed by atoms with Crippen LogP contribution in [0.2, 0.25) is 0 Å². The van der Waals surface area contributed by atoms with E-state index < -0.39 is 14.6 Å². The van der Waals surface area contributed by atoms with Crippen molar-refractivity contribution in [2.45, 2.75) is 30.3 Å². The predicted molar refractivity (Wildman–Crippen MR) is 77.3 cm³/mol. The third-order valence-electron chi connectivity index (χ3n) is 2.69. The Bertz CT molecular complexity index is 469. The fourth-order valence-corrected chi connectivity index (χ4v) is 4.88. The van der Waals surface area contributed by atoms with Crippen molar-refractivity contribution in [1.82, 2.24) is 0 Å². The molecule has 1 unspecified atom stereocenters. The van der Waals surface area contributed by atoms with E-state index >= 15 is 0 Å². The largest absolute Gasteiger partial charge is 0.229 e. The van der Waals surface area contributed by atoms with Crippen LogP contribution >= 0.6 is 43.2 Å². The summed E-state index contributed by atoms with van der Waals surface area (Å²) in [5.74, 6) is 0. The van der Waals surface area contributed by atoms with E-state index in [9.17, 15) is 8.42 Å². The maximum atomic E-state index is 11.7. The lowest BCUT2D eigenvalue weighted by Crippen LogP contribution is -2.34. The van der Waals surface area contributed by atoms with Crippen LogP contribution in [0.3, 0.4) is 0 Å². The summed E-state index contributed by atoms with van der Waals surface area (Å²) in [5, 5.41) is 0. The van der Waals surface area contributed by atoms with Gasteiger partial charge in [0.1, 0.15) is 0 Å². The summed E-state index contributed by atoms with van der Waals surface area (Å²) >= 11 is 8.52. The predicted octanol–water partition coefficient (Wildman–Crippen LogP) is 4.08. The van der Waals surface area contributed by atoms with E-state index in [0.717, 1.165) is 14.2 Å². The molecule has 0 N–H and O–H groups in total. The number of halogens is 2. The van der Waals surface area contributed by atoms with Crippen molar-refractivity contribution in [3.05, 3.63) is 20.3 Å². The van der Waals surface area contributed by atoms with Crippen LogP contribution in [-0.2, 0) is 9.84 Å². The van der Waals surface area contributed by atoms with E-state index in [0.29, 0.717) is 0 Å². The number of alkyl halides is 1. The first-order chi connectivity index (χ1) is 7.07. The number of rotatable bonds is 3. The molecule has 2 nitrogen and oxygen atoms in total. The zero-order chi connectivity index (χ0) is 12.7. The third-order valence-corrected chi connectivity index (χ3v) is 9.28. The normalized spacial score (nSPS) is 15.1. The van der Waals surface area contributed by atoms with Gasteiger partial charge in [0.05, 0.1) is 13.4 Å². The van der Waals surface area contributed by atoms with Crippen LogP contribution in [0.15, 0.2) is 9.85 Å². The lowest BCUT2D eigenvalue weighted by molar-refractivity contribution is 0.550. The first kappa shape index (κ1) is 14.7. The van der Waals surface area contributed by atoms with Crippen molar-refractivity contribution in [2.24, 2.45) is 0 Å². The second kappa shape index (κ2) is 4.71. The molecule has 1 rings (SSSR count). The van der Waals surface area contributed by atoms with Gasteiger partial charge in [0.2, 0.25) is 0 Å². The van der Waals surface area contributed by atoms with Gasteiger partial charge >= 0.3 is 0 Å². The highest BCUT2D eigenvalue weighted by molar-refractivity contribution is 9.11. The first-order valence-electron chi connectivity index (χ1n) is 4.67. The van der Waals surface area contributed by atoms with E-state index in [4.69, 9.17) is 0 Å². The molecular weight excluding hydrogens is 376 g/mol. The van der Waals surface area contributed by atoms with E-state index in [1.54, 1.807) is 25.2 Å². The zero-order valence-electron chi connectivity index (χ0n) is 9.54. The van der Waals surface area contributed by atoms with Crippen LogP contribution in [0.4, 0.5) is 0 Å². The van der Waals surface area contributed by atoms with Gasteiger partial charge in [0.15, 0.2) is 9.84 Å². The molecule has 1 aromatic rings. The van der Waals surface area contributed by atoms with Gasteiger partial charge in [0.25, 0.3) is 0 Å². The molecule has 0 spiro atoms. The minimum absolute atomic E-state index is 0.190. The summed E-state index contributed by atoms with van der Waals surface area (Å²) in [4.78, 5) is 0.838. The van der Waals surface area contributed by atoms with Gasteiger partial charge in [-0.05, 0) is 48.3 Å². The molecular formula is C10H14Br2O2S2. The number of sulfone groups is 1. The van der Waals surface area contributed by atoms with Crippen LogP contribution in [0.1, 0.15) is 29.1 Å². The molecule has 6 heteroatoms. The Morgan fingerprint density at radius 3 is 2.25 bits per heavy atom. The SMILES string of the molecule is Cc1cc(C(Br)C(C)(C)S(C)(=O)=O)sc1Br. The monoisotopic (exact) mass is 388 g/mol. The lowest BCUT2D eigenvalue weighted by Gasteiger charge is -2.27. The van der Waals surface area contributed by atoms with Crippen LogP contribution in [0, 0.1) is 6.92 Å². The quantitative estimate of drug-likeness (QED) is 0.730. The summed E-state index contributed by atoms with van der Waals surface area (Å²) in [7, 11) is -3.11. The summed E-state index contributed by atoms with van der Waals surface area (Å²) in [5.41, 5.74) is 1.13. The van der Waals surface area contributed by atoms with Gasteiger partial charge < -0.3 is 0 Å². The second-order valence-electron chi connectivity index (χ2n) is 4.34. The van der Waals surface area contributed by atoms with E-state index in [-0.39, 0.29) is 4.83 Å². The highest BCUT2D eigenvalue weighted by Gasteiger charge is 2.39. The summed E-state index contributed by atoms with van der Waals surface area (Å²) < 4.78 is 23.7. The van der Waals surface area contributed by atoms with Crippen molar-refractivity contribution in [3.8, 4) is 0 Å². The maximum Gasteiger partial charge on any atom is 0.154 e. The molecule has 16 heavy (non-hydrogen) atoms. The maximum absolute atomic E-state index is 11.7. The third kappa shape index (κ3) is 2.71. The molecule has 0 amide bonds. The molecule has 0 aliphatic carbocycles. The Labute approximate surface area is 118 Å². The molecule has 0 aromatic carbocycles. The molecule has 0 saturated carbocycles. The number of thiophene rings is 1. The number of aryl methyl sites for hydroxylation is 1. The van der Waals surface area contributed by atoms with Crippen molar-refractivity contribution in [1.29, 1.82) is 0 Å². The minimum atomic E-state index is -3.11. The fraction of sp³-hybridized carbons (Fsp3) is 0.600. The van der Waals surface area contributed by atoms with E-state index in [2.05, 4.69) is 31.9 Å². The molecule has 92 valence electrons. The molecule has 1 aromatic heterocycles. The van der Waals surface area contributed by atoms with Crippen molar-refractivity contribution < 1.29 is 8.42 Å². The average molecular weight is 390 g/mol. The van der Waals surface area contributed by atoms with Gasteiger partial charge in [-0.3, -0.25) is 0 Å². The molecule has 1 heterocycles. The van der Waals surface area contributed by atoms with Gasteiger partial charge in [-0.25, -0.2) is 8.42 Å². The molecule has 0 saturated heterocycles. The highest BCUT2D eigenvalue weighted by Crippen LogP contribution is 2.44. The van der Waals surface area contributed by atoms with Crippen LogP contribution in [-0.4, -0.2) is 19.4 Å². The Kier molecular flexibility index (Phi) is 4.31. The molecule has 0 bridgehead atoms. The van der Waals surface area contributed by atoms with Crippen molar-refractivity contribution in [3.63, 3.8) is 0 Å². The van der Waals surface area contributed by atoms with Crippen LogP contribution < -0.4 is 0 Å². The molecule has 0 aliphatic heterocycles. The summed E-state index contributed by atoms with van der Waals surface area (Å²) in [6.45, 7) is 5.48. The molecule has 0 fully saturated rings. The Balaban J connectivity index is 3.17. The smallest absolute Gasteiger partial charge is 0.154 e. The Hall–Kier alpha value is 0.610. The number of hydrogen-bond acceptors (Lipinski definition) is 3. The molecule has 0 aliphatic rings. The topological polar surface area (TPSA) is 34.1 Å². The molecule has 1 atom stereocenters. The van der Waals surface area contributed by atoms with E-state index in [1.807, 2.05) is 13.0 Å². The Morgan fingerprint density at radius 1 is 1.44 bits per heavy atom.